The van der Waals surface area contributed by atoms with Crippen LogP contribution in [0.1, 0.15) is 18.2 Å². The van der Waals surface area contributed by atoms with E-state index in [0.717, 1.165) is 23.4 Å². The van der Waals surface area contributed by atoms with Crippen molar-refractivity contribution in [1.82, 2.24) is 9.97 Å². The van der Waals surface area contributed by atoms with Crippen molar-refractivity contribution in [3.8, 4) is 11.3 Å². The highest BCUT2D eigenvalue weighted by Crippen LogP contribution is 2.20. The second kappa shape index (κ2) is 4.91. The maximum absolute atomic E-state index is 4.36. The summed E-state index contributed by atoms with van der Waals surface area (Å²) in [5.74, 6) is 0. The molecule has 0 aliphatic rings. The highest BCUT2D eigenvalue weighted by molar-refractivity contribution is 5.61. The predicted molar refractivity (Wildman–Crippen MR) is 70.7 cm³/mol. The Morgan fingerprint density at radius 3 is 2.35 bits per heavy atom. The Balaban J connectivity index is 2.30. The molecule has 0 aliphatic carbocycles. The molecule has 2 heteroatoms. The van der Waals surface area contributed by atoms with Crippen LogP contribution in [0.15, 0.2) is 48.8 Å². The lowest BCUT2D eigenvalue weighted by Crippen LogP contribution is -1.91. The molecular formula is C15H16N2. The van der Waals surface area contributed by atoms with Gasteiger partial charge in [-0.3, -0.25) is 9.97 Å². The molecule has 0 unspecified atom stereocenters. The lowest BCUT2D eigenvalue weighted by Gasteiger charge is -2.05. The highest BCUT2D eigenvalue weighted by atomic mass is 14.8. The molecule has 0 spiro atoms. The van der Waals surface area contributed by atoms with E-state index in [1.54, 1.807) is 12.4 Å². The van der Waals surface area contributed by atoms with Gasteiger partial charge < -0.3 is 0 Å². The lowest BCUT2D eigenvalue weighted by molar-refractivity contribution is 1.12. The van der Waals surface area contributed by atoms with Crippen molar-refractivity contribution in [3.05, 3.63) is 60.1 Å². The molecule has 0 aliphatic heterocycles. The maximum atomic E-state index is 4.36. The highest BCUT2D eigenvalue weighted by Gasteiger charge is 2.03. The Hall–Kier alpha value is -1.96. The first-order chi connectivity index (χ1) is 8.16. The average Bonchev–Trinajstić information content (AvgIpc) is 2.30. The molecule has 1 heterocycles. The maximum Gasteiger partial charge on any atom is 0.0914 e. The van der Waals surface area contributed by atoms with E-state index < -0.39 is 0 Å². The fourth-order valence-corrected chi connectivity index (χ4v) is 1.82. The van der Waals surface area contributed by atoms with Crippen LogP contribution in [0, 0.1) is 6.92 Å². The first-order valence-corrected chi connectivity index (χ1v) is 5.68. The molecule has 1 aromatic carbocycles. The second-order valence-electron chi connectivity index (χ2n) is 4.32. The number of nitrogens with zero attached hydrogens (tertiary/aromatic N) is 2. The first-order valence-electron chi connectivity index (χ1n) is 5.68. The van der Waals surface area contributed by atoms with Crippen LogP contribution in [0.25, 0.3) is 11.3 Å². The Morgan fingerprint density at radius 2 is 1.76 bits per heavy atom. The molecule has 0 N–H and O–H groups in total. The largest absolute Gasteiger partial charge is 0.258 e. The van der Waals surface area contributed by atoms with Crippen LogP contribution >= 0.6 is 0 Å². The minimum atomic E-state index is 0.930. The summed E-state index contributed by atoms with van der Waals surface area (Å²) in [7, 11) is 0. The summed E-state index contributed by atoms with van der Waals surface area (Å²) < 4.78 is 0. The van der Waals surface area contributed by atoms with Gasteiger partial charge in [-0.25, -0.2) is 0 Å². The van der Waals surface area contributed by atoms with E-state index in [-0.39, 0.29) is 0 Å². The van der Waals surface area contributed by atoms with Crippen molar-refractivity contribution in [1.29, 1.82) is 0 Å². The van der Waals surface area contributed by atoms with Crippen LogP contribution in [0.4, 0.5) is 0 Å². The predicted octanol–water partition coefficient (Wildman–Crippen LogP) is 3.57. The van der Waals surface area contributed by atoms with Gasteiger partial charge in [0.25, 0.3) is 0 Å². The van der Waals surface area contributed by atoms with Crippen LogP contribution in [-0.4, -0.2) is 9.97 Å². The molecule has 2 aromatic rings. The third-order valence-electron chi connectivity index (χ3n) is 2.61. The van der Waals surface area contributed by atoms with Gasteiger partial charge >= 0.3 is 0 Å². The normalized spacial score (nSPS) is 10.2. The summed E-state index contributed by atoms with van der Waals surface area (Å²) in [6.45, 7) is 7.94. The Morgan fingerprint density at radius 1 is 1.12 bits per heavy atom. The number of hydrogen-bond donors (Lipinski definition) is 0. The van der Waals surface area contributed by atoms with E-state index in [9.17, 15) is 0 Å². The van der Waals surface area contributed by atoms with Crippen molar-refractivity contribution < 1.29 is 0 Å². The van der Waals surface area contributed by atoms with E-state index in [1.807, 2.05) is 13.8 Å². The molecular weight excluding hydrogens is 208 g/mol. The number of rotatable bonds is 3. The minimum Gasteiger partial charge on any atom is -0.258 e. The average molecular weight is 224 g/mol. The van der Waals surface area contributed by atoms with Gasteiger partial charge in [0.05, 0.1) is 11.4 Å². The summed E-state index contributed by atoms with van der Waals surface area (Å²) >= 11 is 0. The monoisotopic (exact) mass is 224 g/mol. The molecule has 17 heavy (non-hydrogen) atoms. The smallest absolute Gasteiger partial charge is 0.0914 e. The van der Waals surface area contributed by atoms with E-state index in [0.29, 0.717) is 0 Å². The van der Waals surface area contributed by atoms with E-state index in [1.165, 1.54) is 11.1 Å². The fraction of sp³-hybridized carbons (Fsp3) is 0.200. The number of hydrogen-bond acceptors (Lipinski definition) is 2. The molecule has 0 radical (unpaired) electrons. The summed E-state index contributed by atoms with van der Waals surface area (Å²) in [6.07, 6.45) is 4.37. The zero-order valence-corrected chi connectivity index (χ0v) is 10.3. The van der Waals surface area contributed by atoms with Gasteiger partial charge in [0.2, 0.25) is 0 Å². The Kier molecular flexibility index (Phi) is 3.33. The van der Waals surface area contributed by atoms with Crippen LogP contribution in [-0.2, 0) is 6.42 Å². The van der Waals surface area contributed by atoms with Crippen molar-refractivity contribution in [2.45, 2.75) is 20.3 Å². The molecule has 2 rings (SSSR count). The molecule has 2 nitrogen and oxygen atoms in total. The van der Waals surface area contributed by atoms with E-state index in [4.69, 9.17) is 0 Å². The Labute approximate surface area is 102 Å². The second-order valence-corrected chi connectivity index (χ2v) is 4.32. The van der Waals surface area contributed by atoms with Crippen LogP contribution in [0.2, 0.25) is 0 Å². The third kappa shape index (κ3) is 2.78. The molecule has 0 saturated heterocycles. The standard InChI is InChI=1S/C15H16N2/c1-11(2)10-13-4-6-14(7-5-13)15-12(3)16-8-9-17-15/h4-9H,1,10H2,2-3H3. The Bertz CT molecular complexity index is 527. The van der Waals surface area contributed by atoms with Crippen molar-refractivity contribution in [2.75, 3.05) is 0 Å². The number of allylic oxidation sites excluding steroid dienone is 1. The summed E-state index contributed by atoms with van der Waals surface area (Å²) in [6, 6.07) is 8.43. The van der Waals surface area contributed by atoms with Crippen molar-refractivity contribution >= 4 is 0 Å². The summed E-state index contributed by atoms with van der Waals surface area (Å²) in [4.78, 5) is 8.61. The van der Waals surface area contributed by atoms with Crippen LogP contribution < -0.4 is 0 Å². The zero-order chi connectivity index (χ0) is 12.3. The minimum absolute atomic E-state index is 0.930. The molecule has 0 atom stereocenters. The van der Waals surface area contributed by atoms with Crippen LogP contribution in [0.3, 0.4) is 0 Å². The molecule has 1 aromatic heterocycles. The van der Waals surface area contributed by atoms with Gasteiger partial charge in [0.15, 0.2) is 0 Å². The third-order valence-corrected chi connectivity index (χ3v) is 2.61. The van der Waals surface area contributed by atoms with Crippen molar-refractivity contribution in [2.24, 2.45) is 0 Å². The lowest BCUT2D eigenvalue weighted by atomic mass is 10.0. The van der Waals surface area contributed by atoms with Gasteiger partial charge in [0, 0.05) is 18.0 Å². The molecule has 0 amide bonds. The number of benzene rings is 1. The van der Waals surface area contributed by atoms with E-state index in [2.05, 4.69) is 40.8 Å². The van der Waals surface area contributed by atoms with Crippen molar-refractivity contribution in [3.63, 3.8) is 0 Å². The van der Waals surface area contributed by atoms with Crippen LogP contribution in [0.5, 0.6) is 0 Å². The molecule has 0 fully saturated rings. The van der Waals surface area contributed by atoms with Gasteiger partial charge in [-0.15, -0.1) is 0 Å². The molecule has 86 valence electrons. The molecule has 0 bridgehead atoms. The van der Waals surface area contributed by atoms with Gasteiger partial charge in [-0.05, 0) is 25.8 Å². The first kappa shape index (κ1) is 11.5. The summed E-state index contributed by atoms with van der Waals surface area (Å²) in [5.41, 5.74) is 5.48. The number of aromatic nitrogens is 2. The number of aryl methyl sites for hydroxylation is 1. The van der Waals surface area contributed by atoms with E-state index >= 15 is 0 Å². The molecule has 0 saturated carbocycles. The van der Waals surface area contributed by atoms with Gasteiger partial charge in [-0.1, -0.05) is 36.4 Å². The quantitative estimate of drug-likeness (QED) is 0.745. The zero-order valence-electron chi connectivity index (χ0n) is 10.3. The van der Waals surface area contributed by atoms with Gasteiger partial charge in [-0.2, -0.15) is 0 Å². The topological polar surface area (TPSA) is 25.8 Å². The fourth-order valence-electron chi connectivity index (χ4n) is 1.82. The van der Waals surface area contributed by atoms with Gasteiger partial charge in [0.1, 0.15) is 0 Å². The summed E-state index contributed by atoms with van der Waals surface area (Å²) in [5, 5.41) is 0. The SMILES string of the molecule is C=C(C)Cc1ccc(-c2nccnc2C)cc1.